The van der Waals surface area contributed by atoms with Crippen LogP contribution in [0.4, 0.5) is 0 Å². The Hall–Kier alpha value is -3.79. The Labute approximate surface area is 227 Å². The van der Waals surface area contributed by atoms with E-state index in [2.05, 4.69) is 45.9 Å². The molecule has 0 aliphatic rings. The summed E-state index contributed by atoms with van der Waals surface area (Å²) in [6.45, 7) is 0. The molecule has 0 N–H and O–H groups in total. The molecule has 36 heavy (non-hydrogen) atoms. The Kier molecular flexibility index (Phi) is 5.67. The van der Waals surface area contributed by atoms with Crippen molar-refractivity contribution in [3.05, 3.63) is 109 Å². The van der Waals surface area contributed by atoms with Crippen molar-refractivity contribution in [1.82, 2.24) is 14.5 Å². The topological polar surface area (TPSA) is 39.9 Å². The van der Waals surface area contributed by atoms with E-state index in [1.165, 1.54) is 0 Å². The van der Waals surface area contributed by atoms with Gasteiger partial charge in [0.2, 0.25) is 5.88 Å². The molecule has 174 valence electrons. The summed E-state index contributed by atoms with van der Waals surface area (Å²) >= 11 is 5.75. The van der Waals surface area contributed by atoms with Crippen molar-refractivity contribution in [2.45, 2.75) is 4.90 Å². The van der Waals surface area contributed by atoms with Crippen LogP contribution in [-0.4, -0.2) is 14.5 Å². The second kappa shape index (κ2) is 9.01. The summed E-state index contributed by atoms with van der Waals surface area (Å²) in [5.74, 6) is 1.89. The quantitative estimate of drug-likeness (QED) is 0.113. The van der Waals surface area contributed by atoms with Crippen LogP contribution < -0.4 is 4.74 Å². The van der Waals surface area contributed by atoms with E-state index >= 15 is 0 Å². The fraction of sp³-hybridized carbons (Fsp3) is 0. The monoisotopic (exact) mass is 662 g/mol. The zero-order valence-corrected chi connectivity index (χ0v) is 21.9. The van der Waals surface area contributed by atoms with Crippen LogP contribution in [0.2, 0.25) is 0 Å². The molecule has 4 nitrogen and oxygen atoms in total. The normalized spacial score (nSPS) is 11.2. The smallest absolute Gasteiger partial charge is 0.777 e. The Morgan fingerprint density at radius 2 is 1.56 bits per heavy atom. The van der Waals surface area contributed by atoms with Gasteiger partial charge in [0.25, 0.3) is 0 Å². The summed E-state index contributed by atoms with van der Waals surface area (Å²) in [6.07, 6.45) is 1.80. The van der Waals surface area contributed by atoms with Crippen molar-refractivity contribution >= 4 is 56.1 Å². The molecule has 7 aromatic rings. The molecule has 7 rings (SSSR count). The summed E-state index contributed by atoms with van der Waals surface area (Å²) < 4.78 is 8.31. The molecule has 0 amide bonds. The maximum Gasteiger partial charge on any atom is 2.00 e. The van der Waals surface area contributed by atoms with Crippen molar-refractivity contribution in [3.8, 4) is 17.4 Å². The van der Waals surface area contributed by atoms with E-state index in [1.807, 2.05) is 66.7 Å². The van der Waals surface area contributed by atoms with Crippen molar-refractivity contribution in [2.75, 3.05) is 0 Å². The largest absolute Gasteiger partial charge is 2.00 e. The van der Waals surface area contributed by atoms with Crippen LogP contribution >= 0.6 is 0 Å². The van der Waals surface area contributed by atoms with Crippen LogP contribution in [0, 0.1) is 6.07 Å². The molecule has 0 fully saturated rings. The van der Waals surface area contributed by atoms with E-state index in [4.69, 9.17) is 22.3 Å². The number of pyridine rings is 2. The third-order valence-corrected chi connectivity index (χ3v) is 6.70. The van der Waals surface area contributed by atoms with Crippen molar-refractivity contribution in [3.63, 3.8) is 0 Å². The van der Waals surface area contributed by atoms with Gasteiger partial charge in [-0.3, -0.25) is 0 Å². The van der Waals surface area contributed by atoms with Crippen LogP contribution in [-0.2, 0) is 33.7 Å². The Morgan fingerprint density at radius 1 is 0.750 bits per heavy atom. The van der Waals surface area contributed by atoms with E-state index in [0.717, 1.165) is 54.2 Å². The first-order chi connectivity index (χ1) is 17.3. The van der Waals surface area contributed by atoms with Crippen LogP contribution in [0.3, 0.4) is 0 Å². The summed E-state index contributed by atoms with van der Waals surface area (Å²) in [7, 11) is 0. The third-order valence-electron chi connectivity index (χ3n) is 6.28. The SMILES string of the molecule is [Pt+2].[S-]c1c2ccccc2cc2ccc(Oc3[c-]c4c(cc3)c3ccccc3n4-c3ccccn3)nc12. The van der Waals surface area contributed by atoms with Crippen molar-refractivity contribution in [2.24, 2.45) is 0 Å². The van der Waals surface area contributed by atoms with Gasteiger partial charge in [-0.05, 0) is 51.9 Å². The van der Waals surface area contributed by atoms with Crippen LogP contribution in [0.25, 0.3) is 49.3 Å². The number of benzene rings is 4. The molecule has 3 aromatic heterocycles. The minimum absolute atomic E-state index is 0. The minimum Gasteiger partial charge on any atom is -0.777 e. The molecule has 4 aromatic carbocycles. The molecule has 0 spiro atoms. The average Bonchev–Trinajstić information content (AvgIpc) is 3.23. The van der Waals surface area contributed by atoms with Gasteiger partial charge in [-0.15, -0.1) is 22.4 Å². The maximum atomic E-state index is 6.20. The van der Waals surface area contributed by atoms with Gasteiger partial charge < -0.3 is 21.9 Å². The predicted octanol–water partition coefficient (Wildman–Crippen LogP) is 7.38. The van der Waals surface area contributed by atoms with Gasteiger partial charge in [-0.2, -0.15) is 6.07 Å². The molecule has 0 saturated carbocycles. The molecule has 0 bridgehead atoms. The first kappa shape index (κ1) is 22.7. The Morgan fingerprint density at radius 3 is 2.42 bits per heavy atom. The van der Waals surface area contributed by atoms with Gasteiger partial charge in [0.1, 0.15) is 5.82 Å². The Balaban J connectivity index is 0.00000240. The first-order valence-electron chi connectivity index (χ1n) is 11.3. The maximum absolute atomic E-state index is 6.20. The molecule has 6 heteroatoms. The van der Waals surface area contributed by atoms with E-state index in [9.17, 15) is 0 Å². The van der Waals surface area contributed by atoms with Crippen molar-refractivity contribution in [1.29, 1.82) is 0 Å². The number of hydrogen-bond acceptors (Lipinski definition) is 4. The second-order valence-corrected chi connectivity index (χ2v) is 8.78. The molecule has 0 aliphatic heterocycles. The third kappa shape index (κ3) is 3.63. The van der Waals surface area contributed by atoms with Gasteiger partial charge in [-0.1, -0.05) is 54.0 Å². The number of fused-ring (bicyclic) bond motifs is 5. The van der Waals surface area contributed by atoms with Gasteiger partial charge in [0.05, 0.1) is 5.52 Å². The summed E-state index contributed by atoms with van der Waals surface area (Å²) in [6, 6.07) is 35.7. The minimum atomic E-state index is 0. The van der Waals surface area contributed by atoms with Gasteiger partial charge in [0.15, 0.2) is 0 Å². The first-order valence-corrected chi connectivity index (χ1v) is 11.7. The molecular formula is C30H17N3OPtS. The second-order valence-electron chi connectivity index (χ2n) is 8.38. The number of ether oxygens (including phenoxy) is 1. The van der Waals surface area contributed by atoms with Crippen LogP contribution in [0.1, 0.15) is 0 Å². The van der Waals surface area contributed by atoms with Gasteiger partial charge in [0, 0.05) is 23.5 Å². The molecule has 0 saturated heterocycles. The average molecular weight is 663 g/mol. The zero-order chi connectivity index (χ0) is 23.4. The van der Waals surface area contributed by atoms with E-state index < -0.39 is 0 Å². The molecule has 0 radical (unpaired) electrons. The number of aromatic nitrogens is 3. The molecule has 0 atom stereocenters. The molecular weight excluding hydrogens is 645 g/mol. The van der Waals surface area contributed by atoms with E-state index in [0.29, 0.717) is 11.6 Å². The van der Waals surface area contributed by atoms with Gasteiger partial charge in [-0.25, -0.2) is 9.97 Å². The van der Waals surface area contributed by atoms with Crippen molar-refractivity contribution < 1.29 is 25.8 Å². The number of para-hydroxylation sites is 1. The number of hydrogen-bond donors (Lipinski definition) is 0. The van der Waals surface area contributed by atoms with Gasteiger partial charge >= 0.3 is 21.1 Å². The number of nitrogens with zero attached hydrogens (tertiary/aromatic N) is 3. The summed E-state index contributed by atoms with van der Waals surface area (Å²) in [5.41, 5.74) is 2.74. The van der Waals surface area contributed by atoms with E-state index in [1.54, 1.807) is 6.20 Å². The van der Waals surface area contributed by atoms with Crippen LogP contribution in [0.5, 0.6) is 11.6 Å². The number of rotatable bonds is 3. The molecule has 3 heterocycles. The summed E-state index contributed by atoms with van der Waals surface area (Å²) in [4.78, 5) is 10.1. The van der Waals surface area contributed by atoms with Crippen LogP contribution in [0.15, 0.2) is 108 Å². The molecule has 0 unspecified atom stereocenters. The predicted molar refractivity (Wildman–Crippen MR) is 142 cm³/mol. The zero-order valence-electron chi connectivity index (χ0n) is 18.8. The Bertz CT molecular complexity index is 1900. The standard InChI is InChI=1S/C30H18N3OS.Pt/c35-30-22-8-2-1-7-19(22)17-20-12-15-28(32-29(20)30)34-21-13-14-24-23-9-3-4-10-25(23)33(26(24)18-21)27-11-5-6-16-31-27;/h1-17,35H;/q-1;+2/p-1. The molecule has 0 aliphatic carbocycles. The fourth-order valence-corrected chi connectivity index (χ4v) is 5.05. The summed E-state index contributed by atoms with van der Waals surface area (Å²) in [5, 5.41) is 5.36. The fourth-order valence-electron chi connectivity index (χ4n) is 4.70. The van der Waals surface area contributed by atoms with E-state index in [-0.39, 0.29) is 21.1 Å².